The second-order valence-electron chi connectivity index (χ2n) is 4.65. The van der Waals surface area contributed by atoms with E-state index in [-0.39, 0.29) is 0 Å². The number of fused-ring (bicyclic) bond motifs is 1. The van der Waals surface area contributed by atoms with Gasteiger partial charge in [-0.05, 0) is 18.6 Å². The summed E-state index contributed by atoms with van der Waals surface area (Å²) in [6.45, 7) is 7.31. The van der Waals surface area contributed by atoms with E-state index >= 15 is 0 Å². The first kappa shape index (κ1) is 12.0. The number of hydrogen-bond donors (Lipinski definition) is 2. The molecule has 0 aliphatic carbocycles. The van der Waals surface area contributed by atoms with Crippen LogP contribution >= 0.6 is 0 Å². The third kappa shape index (κ3) is 2.29. The second kappa shape index (κ2) is 4.80. The van der Waals surface area contributed by atoms with Gasteiger partial charge < -0.3 is 15.0 Å². The molecule has 1 aromatic heterocycles. The summed E-state index contributed by atoms with van der Waals surface area (Å²) in [5, 5.41) is 4.67. The predicted octanol–water partition coefficient (Wildman–Crippen LogP) is 2.98. The number of aromatic amines is 1. The lowest BCUT2D eigenvalue weighted by Gasteiger charge is -2.07. The van der Waals surface area contributed by atoms with E-state index in [4.69, 9.17) is 4.74 Å². The molecule has 0 amide bonds. The van der Waals surface area contributed by atoms with Crippen LogP contribution in [0.3, 0.4) is 0 Å². The van der Waals surface area contributed by atoms with Crippen molar-refractivity contribution in [3.8, 4) is 5.75 Å². The molecule has 0 saturated carbocycles. The Morgan fingerprint density at radius 1 is 1.35 bits per heavy atom. The molecule has 0 saturated heterocycles. The van der Waals surface area contributed by atoms with Crippen LogP contribution in [0.5, 0.6) is 5.75 Å². The van der Waals surface area contributed by atoms with Gasteiger partial charge in [-0.15, -0.1) is 0 Å². The van der Waals surface area contributed by atoms with Gasteiger partial charge >= 0.3 is 0 Å². The molecule has 0 spiro atoms. The number of aromatic nitrogens is 1. The molecular weight excluding hydrogens is 212 g/mol. The van der Waals surface area contributed by atoms with Gasteiger partial charge in [0.05, 0.1) is 12.6 Å². The number of hydrogen-bond acceptors (Lipinski definition) is 2. The second-order valence-corrected chi connectivity index (χ2v) is 4.65. The quantitative estimate of drug-likeness (QED) is 0.850. The summed E-state index contributed by atoms with van der Waals surface area (Å²) in [5.41, 5.74) is 3.62. The average molecular weight is 232 g/mol. The van der Waals surface area contributed by atoms with E-state index in [0.717, 1.165) is 17.8 Å². The van der Waals surface area contributed by atoms with E-state index in [0.29, 0.717) is 6.04 Å². The Labute approximate surface area is 102 Å². The Morgan fingerprint density at radius 3 is 2.76 bits per heavy atom. The molecule has 2 rings (SSSR count). The van der Waals surface area contributed by atoms with Crippen LogP contribution in [0, 0.1) is 6.92 Å². The van der Waals surface area contributed by atoms with Gasteiger partial charge in [-0.1, -0.05) is 26.0 Å². The first-order chi connectivity index (χ1) is 8.13. The lowest BCUT2D eigenvalue weighted by Crippen LogP contribution is -2.22. The van der Waals surface area contributed by atoms with Gasteiger partial charge in [-0.3, -0.25) is 0 Å². The van der Waals surface area contributed by atoms with E-state index in [1.54, 1.807) is 7.11 Å². The van der Waals surface area contributed by atoms with Crippen LogP contribution in [-0.2, 0) is 6.54 Å². The van der Waals surface area contributed by atoms with Crippen LogP contribution in [0.1, 0.15) is 25.1 Å². The maximum Gasteiger partial charge on any atom is 0.142 e. The van der Waals surface area contributed by atoms with Gasteiger partial charge in [0.25, 0.3) is 0 Å². The molecule has 0 bridgehead atoms. The van der Waals surface area contributed by atoms with Gasteiger partial charge in [0.1, 0.15) is 5.75 Å². The van der Waals surface area contributed by atoms with Crippen LogP contribution in [0.25, 0.3) is 10.9 Å². The fourth-order valence-corrected chi connectivity index (χ4v) is 2.03. The highest BCUT2D eigenvalue weighted by molar-refractivity contribution is 5.89. The summed E-state index contributed by atoms with van der Waals surface area (Å²) in [6, 6.07) is 6.63. The lowest BCUT2D eigenvalue weighted by atomic mass is 10.1. The molecule has 92 valence electrons. The molecule has 3 nitrogen and oxygen atoms in total. The minimum absolute atomic E-state index is 0.489. The normalized spacial score (nSPS) is 11.4. The van der Waals surface area contributed by atoms with Crippen molar-refractivity contribution in [3.05, 3.63) is 29.5 Å². The number of ether oxygens (including phenoxy) is 1. The summed E-state index contributed by atoms with van der Waals surface area (Å²) >= 11 is 0. The molecule has 0 radical (unpaired) electrons. The number of benzene rings is 1. The van der Waals surface area contributed by atoms with E-state index in [9.17, 15) is 0 Å². The van der Waals surface area contributed by atoms with Crippen LogP contribution in [0.4, 0.5) is 0 Å². The number of rotatable bonds is 4. The topological polar surface area (TPSA) is 37.0 Å². The fraction of sp³-hybridized carbons (Fsp3) is 0.429. The minimum Gasteiger partial charge on any atom is -0.495 e. The smallest absolute Gasteiger partial charge is 0.142 e. The van der Waals surface area contributed by atoms with Crippen molar-refractivity contribution < 1.29 is 4.74 Å². The Bertz CT molecular complexity index is 514. The number of para-hydroxylation sites is 1. The largest absolute Gasteiger partial charge is 0.495 e. The van der Waals surface area contributed by atoms with E-state index in [1.165, 1.54) is 16.6 Å². The van der Waals surface area contributed by atoms with Gasteiger partial charge in [0.2, 0.25) is 0 Å². The fourth-order valence-electron chi connectivity index (χ4n) is 2.03. The third-order valence-electron chi connectivity index (χ3n) is 3.07. The molecule has 3 heteroatoms. The molecular formula is C14H20N2O. The van der Waals surface area contributed by atoms with Crippen molar-refractivity contribution in [3.63, 3.8) is 0 Å². The van der Waals surface area contributed by atoms with Gasteiger partial charge in [-0.2, -0.15) is 0 Å². The zero-order chi connectivity index (χ0) is 12.4. The number of H-pyrrole nitrogens is 1. The van der Waals surface area contributed by atoms with E-state index < -0.39 is 0 Å². The summed E-state index contributed by atoms with van der Waals surface area (Å²) in [7, 11) is 1.71. The molecule has 2 N–H and O–H groups in total. The van der Waals surface area contributed by atoms with E-state index in [1.807, 2.05) is 12.1 Å². The summed E-state index contributed by atoms with van der Waals surface area (Å²) in [4.78, 5) is 3.45. The van der Waals surface area contributed by atoms with E-state index in [2.05, 4.69) is 37.1 Å². The molecule has 1 aromatic carbocycles. The third-order valence-corrected chi connectivity index (χ3v) is 3.07. The zero-order valence-corrected chi connectivity index (χ0v) is 10.9. The molecule has 1 heterocycles. The van der Waals surface area contributed by atoms with Crippen molar-refractivity contribution in [1.82, 2.24) is 10.3 Å². The molecule has 0 fully saturated rings. The first-order valence-electron chi connectivity index (χ1n) is 6.01. The number of methoxy groups -OCH3 is 1. The summed E-state index contributed by atoms with van der Waals surface area (Å²) in [6.07, 6.45) is 0. The Kier molecular flexibility index (Phi) is 3.38. The maximum absolute atomic E-state index is 5.37. The molecule has 2 aromatic rings. The monoisotopic (exact) mass is 232 g/mol. The van der Waals surface area contributed by atoms with Crippen molar-refractivity contribution in [2.75, 3.05) is 7.11 Å². The van der Waals surface area contributed by atoms with Gasteiger partial charge in [0.15, 0.2) is 0 Å². The zero-order valence-electron chi connectivity index (χ0n) is 10.9. The molecule has 0 unspecified atom stereocenters. The van der Waals surface area contributed by atoms with Crippen LogP contribution in [-0.4, -0.2) is 18.1 Å². The maximum atomic E-state index is 5.37. The van der Waals surface area contributed by atoms with Crippen LogP contribution in [0.2, 0.25) is 0 Å². The molecule has 0 aliphatic heterocycles. The van der Waals surface area contributed by atoms with Crippen molar-refractivity contribution in [2.45, 2.75) is 33.4 Å². The average Bonchev–Trinajstić information content (AvgIpc) is 2.64. The Balaban J connectivity index is 2.41. The molecule has 0 atom stereocenters. The van der Waals surface area contributed by atoms with Crippen molar-refractivity contribution >= 4 is 10.9 Å². The first-order valence-corrected chi connectivity index (χ1v) is 6.01. The molecule has 17 heavy (non-hydrogen) atoms. The predicted molar refractivity (Wildman–Crippen MR) is 71.6 cm³/mol. The van der Waals surface area contributed by atoms with Crippen molar-refractivity contribution in [1.29, 1.82) is 0 Å². The highest BCUT2D eigenvalue weighted by Crippen LogP contribution is 2.29. The van der Waals surface area contributed by atoms with Crippen LogP contribution in [0.15, 0.2) is 18.2 Å². The standard InChI is InChI=1S/C14H20N2O/c1-9(2)15-8-12-10(3)11-6-5-7-13(17-4)14(11)16-12/h5-7,9,15-16H,8H2,1-4H3. The SMILES string of the molecule is COc1cccc2c(C)c(CNC(C)C)[nH]c12. The van der Waals surface area contributed by atoms with Gasteiger partial charge in [-0.25, -0.2) is 0 Å². The summed E-state index contributed by atoms with van der Waals surface area (Å²) in [5.74, 6) is 0.904. The van der Waals surface area contributed by atoms with Gasteiger partial charge in [0, 0.05) is 23.7 Å². The summed E-state index contributed by atoms with van der Waals surface area (Å²) < 4.78 is 5.37. The lowest BCUT2D eigenvalue weighted by molar-refractivity contribution is 0.419. The number of aryl methyl sites for hydroxylation is 1. The van der Waals surface area contributed by atoms with Crippen LogP contribution < -0.4 is 10.1 Å². The minimum atomic E-state index is 0.489. The Hall–Kier alpha value is -1.48. The van der Waals surface area contributed by atoms with Crippen molar-refractivity contribution in [2.24, 2.45) is 0 Å². The number of nitrogens with one attached hydrogen (secondary N) is 2. The molecule has 0 aliphatic rings. The Morgan fingerprint density at radius 2 is 2.12 bits per heavy atom. The highest BCUT2D eigenvalue weighted by Gasteiger charge is 2.10. The highest BCUT2D eigenvalue weighted by atomic mass is 16.5.